The molecule has 2 saturated heterocycles. The van der Waals surface area contributed by atoms with Crippen LogP contribution < -0.4 is 4.72 Å². The van der Waals surface area contributed by atoms with Gasteiger partial charge >= 0.3 is 0 Å². The number of aryl methyl sites for hydroxylation is 2. The molecule has 1 N–H and O–H groups in total. The molecule has 0 spiro atoms. The number of carbonyl (C=O) groups excluding carboxylic acids is 1. The van der Waals surface area contributed by atoms with Crippen LogP contribution in [0.25, 0.3) is 0 Å². The smallest absolute Gasteiger partial charge is 0.240 e. The van der Waals surface area contributed by atoms with Crippen LogP contribution in [0.3, 0.4) is 0 Å². The van der Waals surface area contributed by atoms with E-state index >= 15 is 0 Å². The van der Waals surface area contributed by atoms with Crippen LogP contribution in [0.5, 0.6) is 0 Å². The molecule has 2 fully saturated rings. The molecule has 2 aliphatic rings. The summed E-state index contributed by atoms with van der Waals surface area (Å²) >= 11 is 0. The normalized spacial score (nSPS) is 22.0. The summed E-state index contributed by atoms with van der Waals surface area (Å²) in [5.41, 5.74) is 1.74. The van der Waals surface area contributed by atoms with Crippen LogP contribution in [0.4, 0.5) is 0 Å². The van der Waals surface area contributed by atoms with Gasteiger partial charge in [0.2, 0.25) is 15.9 Å². The minimum Gasteiger partial charge on any atom is -0.340 e. The van der Waals surface area contributed by atoms with E-state index in [1.54, 1.807) is 19.1 Å². The summed E-state index contributed by atoms with van der Waals surface area (Å²) in [6.45, 7) is 9.38. The highest BCUT2D eigenvalue weighted by atomic mass is 32.2. The van der Waals surface area contributed by atoms with Gasteiger partial charge in [-0.1, -0.05) is 17.7 Å². The molecule has 0 saturated carbocycles. The van der Waals surface area contributed by atoms with E-state index in [4.69, 9.17) is 0 Å². The lowest BCUT2D eigenvalue weighted by molar-refractivity contribution is -0.133. The summed E-state index contributed by atoms with van der Waals surface area (Å²) in [5, 5.41) is 0. The van der Waals surface area contributed by atoms with Gasteiger partial charge in [0.05, 0.1) is 4.90 Å². The summed E-state index contributed by atoms with van der Waals surface area (Å²) in [4.78, 5) is 19.6. The molecular formula is C21H34N4O3S. The predicted molar refractivity (Wildman–Crippen MR) is 114 cm³/mol. The maximum absolute atomic E-state index is 12.5. The Morgan fingerprint density at radius 2 is 1.86 bits per heavy atom. The molecule has 1 amide bonds. The second kappa shape index (κ2) is 9.55. The lowest BCUT2D eigenvalue weighted by atomic mass is 10.0. The van der Waals surface area contributed by atoms with Crippen molar-refractivity contribution in [3.63, 3.8) is 0 Å². The van der Waals surface area contributed by atoms with Crippen molar-refractivity contribution in [1.82, 2.24) is 19.4 Å². The van der Waals surface area contributed by atoms with Crippen LogP contribution in [0, 0.1) is 13.8 Å². The van der Waals surface area contributed by atoms with Crippen molar-refractivity contribution in [2.75, 3.05) is 52.9 Å². The molecule has 3 rings (SSSR count). The maximum Gasteiger partial charge on any atom is 0.240 e. The summed E-state index contributed by atoms with van der Waals surface area (Å²) < 4.78 is 27.6. The molecule has 1 unspecified atom stereocenters. The van der Waals surface area contributed by atoms with E-state index in [0.717, 1.165) is 38.3 Å². The fourth-order valence-corrected chi connectivity index (χ4v) is 5.66. The number of sulfonamides is 1. The first-order valence-electron chi connectivity index (χ1n) is 10.5. The molecule has 0 bridgehead atoms. The Morgan fingerprint density at radius 3 is 2.52 bits per heavy atom. The zero-order valence-corrected chi connectivity index (χ0v) is 18.7. The molecule has 1 atom stereocenters. The van der Waals surface area contributed by atoms with E-state index in [-0.39, 0.29) is 23.8 Å². The van der Waals surface area contributed by atoms with Crippen LogP contribution in [0.1, 0.15) is 30.4 Å². The summed E-state index contributed by atoms with van der Waals surface area (Å²) in [7, 11) is -1.42. The van der Waals surface area contributed by atoms with Crippen molar-refractivity contribution in [2.24, 2.45) is 0 Å². The Kier molecular flexibility index (Phi) is 7.32. The molecular weight excluding hydrogens is 388 g/mol. The van der Waals surface area contributed by atoms with E-state index in [0.29, 0.717) is 11.6 Å². The number of rotatable bonds is 6. The second-order valence-corrected chi connectivity index (χ2v) is 10.1. The molecule has 29 heavy (non-hydrogen) atoms. The average Bonchev–Trinajstić information content (AvgIpc) is 2.67. The molecule has 2 heterocycles. The molecule has 8 heteroatoms. The summed E-state index contributed by atoms with van der Waals surface area (Å²) in [6, 6.07) is 5.85. The van der Waals surface area contributed by atoms with E-state index in [9.17, 15) is 13.2 Å². The van der Waals surface area contributed by atoms with E-state index in [1.165, 1.54) is 19.4 Å². The van der Waals surface area contributed by atoms with Crippen LogP contribution >= 0.6 is 0 Å². The first kappa shape index (κ1) is 22.2. The minimum absolute atomic E-state index is 0.0220. The third-order valence-corrected chi connectivity index (χ3v) is 7.66. The van der Waals surface area contributed by atoms with Gasteiger partial charge in [-0.15, -0.1) is 0 Å². The number of nitrogens with one attached hydrogen (secondary N) is 1. The van der Waals surface area contributed by atoms with Gasteiger partial charge in [0.25, 0.3) is 0 Å². The number of piperidine rings is 1. The maximum atomic E-state index is 12.5. The minimum atomic E-state index is -3.60. The third-order valence-electron chi connectivity index (χ3n) is 6.03. The fourth-order valence-electron chi connectivity index (χ4n) is 4.40. The first-order valence-corrected chi connectivity index (χ1v) is 12.0. The molecule has 1 aromatic carbocycles. The number of likely N-dealkylation sites (N-methyl/N-ethyl adjacent to an activating group) is 1. The number of benzene rings is 1. The Labute approximate surface area is 175 Å². The zero-order valence-electron chi connectivity index (χ0n) is 17.9. The largest absolute Gasteiger partial charge is 0.340 e. The molecule has 1 aromatic rings. The predicted octanol–water partition coefficient (Wildman–Crippen LogP) is 1.21. The number of hydrogen-bond donors (Lipinski definition) is 1. The van der Waals surface area contributed by atoms with Gasteiger partial charge in [-0.2, -0.15) is 0 Å². The Hall–Kier alpha value is -1.48. The molecule has 7 nitrogen and oxygen atoms in total. The van der Waals surface area contributed by atoms with Gasteiger partial charge < -0.3 is 9.80 Å². The van der Waals surface area contributed by atoms with Crippen molar-refractivity contribution in [2.45, 2.75) is 44.0 Å². The second-order valence-electron chi connectivity index (χ2n) is 8.39. The van der Waals surface area contributed by atoms with E-state index < -0.39 is 10.0 Å². The molecule has 0 radical (unpaired) electrons. The standard InChI is InChI=1S/C21H34N4O3S/c1-17-6-7-20(18(2)15-17)29(27,28)22-9-8-21(26)25-13-11-24(12-14-25)19-5-4-10-23(3)16-19/h6-7,15,19,22H,4-5,8-14,16H2,1-3H3. The summed E-state index contributed by atoms with van der Waals surface area (Å²) in [5.74, 6) is 0.0220. The van der Waals surface area contributed by atoms with Crippen LogP contribution in [-0.4, -0.2) is 87.9 Å². The number of amides is 1. The Bertz CT molecular complexity index is 819. The first-order chi connectivity index (χ1) is 13.8. The van der Waals surface area contributed by atoms with Gasteiger partial charge in [-0.05, 0) is 51.9 Å². The van der Waals surface area contributed by atoms with Crippen molar-refractivity contribution in [3.8, 4) is 0 Å². The highest BCUT2D eigenvalue weighted by Gasteiger charge is 2.28. The van der Waals surface area contributed by atoms with Gasteiger partial charge in [0, 0.05) is 51.7 Å². The molecule has 0 aliphatic carbocycles. The topological polar surface area (TPSA) is 73.0 Å². The van der Waals surface area contributed by atoms with Crippen LogP contribution in [0.2, 0.25) is 0 Å². The number of carbonyl (C=O) groups is 1. The van der Waals surface area contributed by atoms with Crippen molar-refractivity contribution in [3.05, 3.63) is 29.3 Å². The summed E-state index contributed by atoms with van der Waals surface area (Å²) in [6.07, 6.45) is 2.66. The van der Waals surface area contributed by atoms with Gasteiger partial charge in [-0.25, -0.2) is 13.1 Å². The van der Waals surface area contributed by atoms with Gasteiger partial charge in [0.1, 0.15) is 0 Å². The highest BCUT2D eigenvalue weighted by molar-refractivity contribution is 7.89. The van der Waals surface area contributed by atoms with Crippen molar-refractivity contribution in [1.29, 1.82) is 0 Å². The molecule has 2 aliphatic heterocycles. The zero-order chi connectivity index (χ0) is 21.0. The van der Waals surface area contributed by atoms with Gasteiger partial charge in [-0.3, -0.25) is 9.69 Å². The number of nitrogens with zero attached hydrogens (tertiary/aromatic N) is 3. The number of likely N-dealkylation sites (tertiary alicyclic amines) is 1. The third kappa shape index (κ3) is 5.78. The molecule has 162 valence electrons. The highest BCUT2D eigenvalue weighted by Crippen LogP contribution is 2.18. The van der Waals surface area contributed by atoms with Crippen molar-refractivity contribution >= 4 is 15.9 Å². The van der Waals surface area contributed by atoms with Crippen molar-refractivity contribution < 1.29 is 13.2 Å². The van der Waals surface area contributed by atoms with E-state index in [1.807, 2.05) is 17.9 Å². The SMILES string of the molecule is Cc1ccc(S(=O)(=O)NCCC(=O)N2CCN(C3CCCN(C)C3)CC2)c(C)c1. The average molecular weight is 423 g/mol. The Morgan fingerprint density at radius 1 is 1.14 bits per heavy atom. The molecule has 0 aromatic heterocycles. The Balaban J connectivity index is 1.44. The lowest BCUT2D eigenvalue weighted by Crippen LogP contribution is -2.55. The fraction of sp³-hybridized carbons (Fsp3) is 0.667. The number of hydrogen-bond acceptors (Lipinski definition) is 5. The number of piperazine rings is 1. The monoisotopic (exact) mass is 422 g/mol. The quantitative estimate of drug-likeness (QED) is 0.746. The lowest BCUT2D eigenvalue weighted by Gasteiger charge is -2.42. The van der Waals surface area contributed by atoms with Gasteiger partial charge in [0.15, 0.2) is 0 Å². The van der Waals surface area contributed by atoms with E-state index in [2.05, 4.69) is 21.6 Å². The van der Waals surface area contributed by atoms with Crippen LogP contribution in [-0.2, 0) is 14.8 Å². The van der Waals surface area contributed by atoms with Crippen LogP contribution in [0.15, 0.2) is 23.1 Å².